The van der Waals surface area contributed by atoms with Gasteiger partial charge in [-0.15, -0.1) is 0 Å². The van der Waals surface area contributed by atoms with Crippen molar-refractivity contribution in [3.8, 4) is 5.75 Å². The summed E-state index contributed by atoms with van der Waals surface area (Å²) in [4.78, 5) is 33.3. The zero-order valence-corrected chi connectivity index (χ0v) is 11.1. The maximum Gasteiger partial charge on any atom is 0.350 e. The number of Topliss-reactive ketones (excluding diaryl/α,β-unsaturated/α-hetero) is 1. The van der Waals surface area contributed by atoms with Crippen LogP contribution >= 0.6 is 0 Å². The summed E-state index contributed by atoms with van der Waals surface area (Å²) in [7, 11) is 0. The molecule has 0 aliphatic heterocycles. The van der Waals surface area contributed by atoms with Gasteiger partial charge in [-0.25, -0.2) is 9.59 Å². The van der Waals surface area contributed by atoms with E-state index in [1.165, 1.54) is 12.1 Å². The Morgan fingerprint density at radius 2 is 2.10 bits per heavy atom. The van der Waals surface area contributed by atoms with Crippen molar-refractivity contribution in [3.63, 3.8) is 0 Å². The molecule has 1 aromatic rings. The molecule has 6 nitrogen and oxygen atoms in total. The number of rotatable bonds is 7. The summed E-state index contributed by atoms with van der Waals surface area (Å²) >= 11 is 0. The molecule has 0 radical (unpaired) electrons. The molecule has 0 aliphatic rings. The summed E-state index contributed by atoms with van der Waals surface area (Å²) in [6, 6.07) is 1.26. The van der Waals surface area contributed by atoms with Crippen molar-refractivity contribution < 1.29 is 24.2 Å². The number of ketones is 1. The lowest BCUT2D eigenvalue weighted by Crippen LogP contribution is -2.14. The van der Waals surface area contributed by atoms with Gasteiger partial charge in [-0.1, -0.05) is 13.0 Å². The van der Waals surface area contributed by atoms with Crippen LogP contribution in [-0.4, -0.2) is 22.0 Å². The number of carboxylic acids is 1. The smallest absolute Gasteiger partial charge is 0.350 e. The number of hydrogen-bond donors (Lipinski definition) is 2. The van der Waals surface area contributed by atoms with Crippen molar-refractivity contribution in [1.29, 1.82) is 0 Å². The molecule has 1 heterocycles. The third-order valence-electron chi connectivity index (χ3n) is 2.64. The van der Waals surface area contributed by atoms with Crippen molar-refractivity contribution in [3.05, 3.63) is 40.0 Å². The molecule has 1 rings (SSSR count). The number of aromatic hydroxyl groups is 1. The number of carbonyl (C=O) groups is 2. The average molecular weight is 280 g/mol. The fourth-order valence-corrected chi connectivity index (χ4v) is 1.66. The van der Waals surface area contributed by atoms with E-state index in [1.54, 1.807) is 6.92 Å². The van der Waals surface area contributed by atoms with E-state index in [9.17, 15) is 19.5 Å². The van der Waals surface area contributed by atoms with Gasteiger partial charge in [0.05, 0.1) is 0 Å². The first kappa shape index (κ1) is 15.7. The van der Waals surface area contributed by atoms with Gasteiger partial charge in [0.25, 0.3) is 0 Å². The summed E-state index contributed by atoms with van der Waals surface area (Å²) in [5.74, 6) is -1.59. The summed E-state index contributed by atoms with van der Waals surface area (Å²) in [5, 5.41) is 18.1. The highest BCUT2D eigenvalue weighted by Gasteiger charge is 2.17. The Kier molecular flexibility index (Phi) is 5.71. The van der Waals surface area contributed by atoms with E-state index in [-0.39, 0.29) is 23.5 Å². The third kappa shape index (κ3) is 4.38. The molecule has 20 heavy (non-hydrogen) atoms. The van der Waals surface area contributed by atoms with Gasteiger partial charge in [0.2, 0.25) is 0 Å². The standard InChI is InChI=1S/C14H16O6/c1-2-10(15)13-11(16)8-9(20-14(13)19)6-4-3-5-7-12(17)18/h5,7-8,16H,2-4,6H2,1H3,(H,17,18)/b7-5+. The molecule has 0 amide bonds. The Hall–Kier alpha value is -2.37. The lowest BCUT2D eigenvalue weighted by molar-refractivity contribution is -0.131. The van der Waals surface area contributed by atoms with Gasteiger partial charge in [0, 0.05) is 25.0 Å². The van der Waals surface area contributed by atoms with Gasteiger partial charge in [0.15, 0.2) is 5.78 Å². The molecular formula is C14H16O6. The summed E-state index contributed by atoms with van der Waals surface area (Å²) < 4.78 is 4.96. The van der Waals surface area contributed by atoms with Crippen LogP contribution in [0.5, 0.6) is 5.75 Å². The second kappa shape index (κ2) is 7.28. The van der Waals surface area contributed by atoms with Gasteiger partial charge in [0.1, 0.15) is 17.1 Å². The van der Waals surface area contributed by atoms with Crippen LogP contribution < -0.4 is 5.63 Å². The second-order valence-corrected chi connectivity index (χ2v) is 4.17. The van der Waals surface area contributed by atoms with Gasteiger partial charge < -0.3 is 14.6 Å². The minimum atomic E-state index is -1.02. The molecule has 108 valence electrons. The highest BCUT2D eigenvalue weighted by molar-refractivity contribution is 5.97. The van der Waals surface area contributed by atoms with Crippen molar-refractivity contribution >= 4 is 11.8 Å². The van der Waals surface area contributed by atoms with Gasteiger partial charge in [-0.3, -0.25) is 4.79 Å². The fraction of sp³-hybridized carbons (Fsp3) is 0.357. The summed E-state index contributed by atoms with van der Waals surface area (Å²) in [5.41, 5.74) is -1.16. The molecule has 0 aromatic carbocycles. The van der Waals surface area contributed by atoms with Crippen molar-refractivity contribution in [2.75, 3.05) is 0 Å². The first-order valence-corrected chi connectivity index (χ1v) is 6.24. The van der Waals surface area contributed by atoms with Crippen molar-refractivity contribution in [2.24, 2.45) is 0 Å². The van der Waals surface area contributed by atoms with Crippen LogP contribution in [0.25, 0.3) is 0 Å². The van der Waals surface area contributed by atoms with E-state index < -0.39 is 17.4 Å². The topological polar surface area (TPSA) is 105 Å². The predicted molar refractivity (Wildman–Crippen MR) is 71.0 cm³/mol. The number of aryl methyl sites for hydroxylation is 1. The van der Waals surface area contributed by atoms with E-state index in [1.807, 2.05) is 0 Å². The molecule has 0 saturated carbocycles. The van der Waals surface area contributed by atoms with Crippen molar-refractivity contribution in [1.82, 2.24) is 0 Å². The highest BCUT2D eigenvalue weighted by atomic mass is 16.4. The largest absolute Gasteiger partial charge is 0.507 e. The van der Waals surface area contributed by atoms with Crippen LogP contribution in [0.15, 0.2) is 27.4 Å². The molecule has 6 heteroatoms. The molecule has 0 fully saturated rings. The summed E-state index contributed by atoms with van der Waals surface area (Å²) in [6.45, 7) is 1.59. The van der Waals surface area contributed by atoms with Crippen LogP contribution in [0, 0.1) is 0 Å². The molecule has 2 N–H and O–H groups in total. The molecular weight excluding hydrogens is 264 g/mol. The quantitative estimate of drug-likeness (QED) is 0.449. The SMILES string of the molecule is CCC(=O)c1c(O)cc(CCC/C=C/C(=O)O)oc1=O. The monoisotopic (exact) mass is 280 g/mol. The number of unbranched alkanes of at least 4 members (excludes halogenated alkanes) is 1. The maximum absolute atomic E-state index is 11.6. The molecule has 0 saturated heterocycles. The molecule has 0 atom stereocenters. The molecule has 0 aliphatic carbocycles. The number of hydrogen-bond acceptors (Lipinski definition) is 5. The zero-order chi connectivity index (χ0) is 15.1. The van der Waals surface area contributed by atoms with Gasteiger partial charge >= 0.3 is 11.6 Å². The van der Waals surface area contributed by atoms with Gasteiger partial charge in [-0.05, 0) is 12.8 Å². The normalized spacial score (nSPS) is 10.8. The Labute approximate surface area is 115 Å². The van der Waals surface area contributed by atoms with E-state index in [0.29, 0.717) is 19.3 Å². The van der Waals surface area contributed by atoms with Crippen molar-refractivity contribution in [2.45, 2.75) is 32.6 Å². The first-order valence-electron chi connectivity index (χ1n) is 6.24. The molecule has 0 spiro atoms. The lowest BCUT2D eigenvalue weighted by atomic mass is 10.1. The number of aliphatic carboxylic acids is 1. The number of carboxylic acid groups (broad SMARTS) is 1. The van der Waals surface area contributed by atoms with Crippen LogP contribution in [0.2, 0.25) is 0 Å². The minimum absolute atomic E-state index is 0.109. The number of allylic oxidation sites excluding steroid dienone is 1. The number of carbonyl (C=O) groups excluding carboxylic acids is 1. The average Bonchev–Trinajstić information content (AvgIpc) is 2.36. The summed E-state index contributed by atoms with van der Waals surface area (Å²) in [6.07, 6.45) is 4.08. The van der Waals surface area contributed by atoms with Crippen LogP contribution in [0.4, 0.5) is 0 Å². The molecule has 0 unspecified atom stereocenters. The maximum atomic E-state index is 11.6. The minimum Gasteiger partial charge on any atom is -0.507 e. The van der Waals surface area contributed by atoms with E-state index >= 15 is 0 Å². The Morgan fingerprint density at radius 3 is 2.65 bits per heavy atom. The fourth-order valence-electron chi connectivity index (χ4n) is 1.66. The van der Waals surface area contributed by atoms with Crippen LogP contribution in [0.3, 0.4) is 0 Å². The van der Waals surface area contributed by atoms with E-state index in [0.717, 1.165) is 6.08 Å². The van der Waals surface area contributed by atoms with Gasteiger partial charge in [-0.2, -0.15) is 0 Å². The first-order chi connectivity index (χ1) is 9.45. The Bertz CT molecular complexity index is 582. The Balaban J connectivity index is 2.72. The highest BCUT2D eigenvalue weighted by Crippen LogP contribution is 2.17. The second-order valence-electron chi connectivity index (χ2n) is 4.17. The molecule has 1 aromatic heterocycles. The van der Waals surface area contributed by atoms with E-state index in [2.05, 4.69) is 0 Å². The predicted octanol–water partition coefficient (Wildman–Crippen LogP) is 1.90. The molecule has 0 bridgehead atoms. The third-order valence-corrected chi connectivity index (χ3v) is 2.64. The Morgan fingerprint density at radius 1 is 1.40 bits per heavy atom. The van der Waals surface area contributed by atoms with Crippen LogP contribution in [0.1, 0.15) is 42.3 Å². The van der Waals surface area contributed by atoms with Crippen LogP contribution in [-0.2, 0) is 11.2 Å². The lowest BCUT2D eigenvalue weighted by Gasteiger charge is -2.03. The van der Waals surface area contributed by atoms with E-state index in [4.69, 9.17) is 9.52 Å². The zero-order valence-electron chi connectivity index (χ0n) is 11.1.